The average Bonchev–Trinajstić information content (AvgIpc) is 3.08. The van der Waals surface area contributed by atoms with Crippen LogP contribution in [0.15, 0.2) is 58.5 Å². The monoisotopic (exact) mass is 424 g/mol. The molecule has 4 rings (SSSR count). The zero-order valence-corrected chi connectivity index (χ0v) is 17.3. The van der Waals surface area contributed by atoms with Gasteiger partial charge < -0.3 is 5.32 Å². The van der Waals surface area contributed by atoms with Gasteiger partial charge in [0.05, 0.1) is 11.4 Å². The van der Waals surface area contributed by atoms with Gasteiger partial charge in [-0.25, -0.2) is 9.38 Å². The number of aliphatic imine (C=N–C) groups is 2. The first-order chi connectivity index (χ1) is 14.6. The van der Waals surface area contributed by atoms with E-state index < -0.39 is 0 Å². The summed E-state index contributed by atoms with van der Waals surface area (Å²) in [7, 11) is 0. The molecule has 6 nitrogen and oxygen atoms in total. The molecule has 2 amide bonds. The molecule has 0 bridgehead atoms. The fourth-order valence-electron chi connectivity index (χ4n) is 3.43. The molecule has 0 spiro atoms. The molecule has 154 valence electrons. The van der Waals surface area contributed by atoms with E-state index in [2.05, 4.69) is 10.3 Å². The summed E-state index contributed by atoms with van der Waals surface area (Å²) in [6.07, 6.45) is 1.51. The number of thioether (sulfide) groups is 1. The number of nitrogens with one attached hydrogen (secondary N) is 1. The molecule has 0 saturated carbocycles. The third-order valence-electron chi connectivity index (χ3n) is 4.91. The molecule has 2 aromatic rings. The molecule has 0 aromatic heterocycles. The van der Waals surface area contributed by atoms with Gasteiger partial charge in [0.2, 0.25) is 5.91 Å². The molecule has 2 aliphatic heterocycles. The van der Waals surface area contributed by atoms with Crippen LogP contribution in [0.3, 0.4) is 0 Å². The van der Waals surface area contributed by atoms with Crippen molar-refractivity contribution in [2.75, 3.05) is 5.75 Å². The number of hydrogen-bond acceptors (Lipinski definition) is 5. The molecular weight excluding hydrogens is 403 g/mol. The zero-order valence-electron chi connectivity index (χ0n) is 16.5. The van der Waals surface area contributed by atoms with Gasteiger partial charge in [-0.2, -0.15) is 4.99 Å². The zero-order chi connectivity index (χ0) is 21.1. The summed E-state index contributed by atoms with van der Waals surface area (Å²) in [5.41, 5.74) is 2.39. The lowest BCUT2D eigenvalue weighted by molar-refractivity contribution is -0.120. The highest BCUT2D eigenvalue weighted by molar-refractivity contribution is 8.14. The number of halogens is 1. The second kappa shape index (κ2) is 8.79. The van der Waals surface area contributed by atoms with Crippen molar-refractivity contribution in [1.29, 1.82) is 0 Å². The molecular formula is C22H21FN4O2S. The minimum atomic E-state index is -0.383. The summed E-state index contributed by atoms with van der Waals surface area (Å²) in [6.45, 7) is 2.35. The average molecular weight is 425 g/mol. The first-order valence-electron chi connectivity index (χ1n) is 9.80. The minimum absolute atomic E-state index is 0.152. The highest BCUT2D eigenvalue weighted by Crippen LogP contribution is 2.35. The van der Waals surface area contributed by atoms with Crippen LogP contribution in [0, 0.1) is 5.82 Å². The summed E-state index contributed by atoms with van der Waals surface area (Å²) < 4.78 is 13.0. The maximum atomic E-state index is 13.0. The first-order valence-corrected chi connectivity index (χ1v) is 10.8. The van der Waals surface area contributed by atoms with E-state index in [0.29, 0.717) is 24.0 Å². The van der Waals surface area contributed by atoms with Crippen LogP contribution in [-0.2, 0) is 16.1 Å². The largest absolute Gasteiger partial charge is 0.351 e. The van der Waals surface area contributed by atoms with E-state index in [4.69, 9.17) is 4.99 Å². The standard InChI is InChI=1S/C22H21FN4O2S/c1-2-5-18-21(29)26-20-16-6-3-4-7-17(16)25-22(27(18)20)30-13-19(28)24-12-14-8-10-15(23)11-9-14/h3-4,6-11,18H,2,5,12-13H2,1H3,(H,24,28). The minimum Gasteiger partial charge on any atom is -0.351 e. The van der Waals surface area contributed by atoms with Crippen LogP contribution in [0.4, 0.5) is 10.1 Å². The Morgan fingerprint density at radius 2 is 1.93 bits per heavy atom. The molecule has 2 aliphatic rings. The SMILES string of the molecule is CCCC1C(=O)N=C2c3ccccc3N=C(SCC(=O)NCc3ccc(F)cc3)N21. The second-order valence-corrected chi connectivity index (χ2v) is 7.99. The Bertz CT molecular complexity index is 1040. The maximum absolute atomic E-state index is 13.0. The summed E-state index contributed by atoms with van der Waals surface area (Å²) >= 11 is 1.29. The number of amides is 2. The Morgan fingerprint density at radius 1 is 1.17 bits per heavy atom. The van der Waals surface area contributed by atoms with Gasteiger partial charge in [0.1, 0.15) is 17.7 Å². The Labute approximate surface area is 178 Å². The topological polar surface area (TPSA) is 74.1 Å². The quantitative estimate of drug-likeness (QED) is 0.769. The molecule has 2 aromatic carbocycles. The predicted molar refractivity (Wildman–Crippen MR) is 116 cm³/mol. The summed E-state index contributed by atoms with van der Waals surface area (Å²) in [5, 5.41) is 3.43. The number of benzene rings is 2. The summed E-state index contributed by atoms with van der Waals surface area (Å²) in [4.78, 5) is 35.7. The van der Waals surface area contributed by atoms with Gasteiger partial charge in [-0.15, -0.1) is 0 Å². The molecule has 1 N–H and O–H groups in total. The first kappa shape index (κ1) is 20.3. The van der Waals surface area contributed by atoms with Gasteiger partial charge in [0.25, 0.3) is 5.91 Å². The van der Waals surface area contributed by atoms with E-state index in [1.165, 1.54) is 23.9 Å². The van der Waals surface area contributed by atoms with Gasteiger partial charge in [-0.3, -0.25) is 14.5 Å². The van der Waals surface area contributed by atoms with Crippen molar-refractivity contribution in [1.82, 2.24) is 10.2 Å². The van der Waals surface area contributed by atoms with Crippen molar-refractivity contribution in [3.8, 4) is 0 Å². The van der Waals surface area contributed by atoms with Crippen LogP contribution >= 0.6 is 11.8 Å². The van der Waals surface area contributed by atoms with E-state index >= 15 is 0 Å². The lowest BCUT2D eigenvalue weighted by atomic mass is 10.1. The number of para-hydroxylation sites is 1. The fraction of sp³-hybridized carbons (Fsp3) is 0.273. The lowest BCUT2D eigenvalue weighted by Crippen LogP contribution is -2.44. The van der Waals surface area contributed by atoms with Crippen LogP contribution in [0.5, 0.6) is 0 Å². The molecule has 1 atom stereocenters. The van der Waals surface area contributed by atoms with Crippen LogP contribution in [-0.4, -0.2) is 39.5 Å². The second-order valence-electron chi connectivity index (χ2n) is 7.05. The molecule has 30 heavy (non-hydrogen) atoms. The Kier molecular flexibility index (Phi) is 5.94. The van der Waals surface area contributed by atoms with Crippen LogP contribution in [0.1, 0.15) is 30.9 Å². The maximum Gasteiger partial charge on any atom is 0.270 e. The van der Waals surface area contributed by atoms with Crippen molar-refractivity contribution in [3.05, 3.63) is 65.5 Å². The third-order valence-corrected chi connectivity index (χ3v) is 5.86. The number of carbonyl (C=O) groups is 2. The number of amidine groups is 2. The molecule has 2 heterocycles. The van der Waals surface area contributed by atoms with E-state index in [9.17, 15) is 14.0 Å². The smallest absolute Gasteiger partial charge is 0.270 e. The number of fused-ring (bicyclic) bond motifs is 3. The lowest BCUT2D eigenvalue weighted by Gasteiger charge is -2.30. The Hall–Kier alpha value is -3.00. The number of carbonyl (C=O) groups excluding carboxylic acids is 2. The fourth-order valence-corrected chi connectivity index (χ4v) is 4.31. The summed E-state index contributed by atoms with van der Waals surface area (Å²) in [6, 6.07) is 13.2. The molecule has 0 fully saturated rings. The predicted octanol–water partition coefficient (Wildman–Crippen LogP) is 3.63. The van der Waals surface area contributed by atoms with E-state index in [1.54, 1.807) is 12.1 Å². The highest BCUT2D eigenvalue weighted by Gasteiger charge is 2.41. The van der Waals surface area contributed by atoms with Crippen LogP contribution in [0.2, 0.25) is 0 Å². The number of nitrogens with zero attached hydrogens (tertiary/aromatic N) is 3. The van der Waals surface area contributed by atoms with Crippen molar-refractivity contribution in [2.24, 2.45) is 9.98 Å². The van der Waals surface area contributed by atoms with E-state index in [1.807, 2.05) is 36.1 Å². The van der Waals surface area contributed by atoms with E-state index in [0.717, 1.165) is 23.2 Å². The number of hydrogen-bond donors (Lipinski definition) is 1. The van der Waals surface area contributed by atoms with E-state index in [-0.39, 0.29) is 29.4 Å². The van der Waals surface area contributed by atoms with Crippen molar-refractivity contribution >= 4 is 40.3 Å². The van der Waals surface area contributed by atoms with Gasteiger partial charge in [-0.1, -0.05) is 49.4 Å². The van der Waals surface area contributed by atoms with Crippen molar-refractivity contribution < 1.29 is 14.0 Å². The van der Waals surface area contributed by atoms with Gasteiger partial charge in [0.15, 0.2) is 5.17 Å². The van der Waals surface area contributed by atoms with Gasteiger partial charge in [-0.05, 0) is 36.2 Å². The van der Waals surface area contributed by atoms with Crippen molar-refractivity contribution in [2.45, 2.75) is 32.4 Å². The normalized spacial score (nSPS) is 17.2. The van der Waals surface area contributed by atoms with Gasteiger partial charge >= 0.3 is 0 Å². The molecule has 1 unspecified atom stereocenters. The molecule has 0 radical (unpaired) electrons. The van der Waals surface area contributed by atoms with Crippen molar-refractivity contribution in [3.63, 3.8) is 0 Å². The van der Waals surface area contributed by atoms with Gasteiger partial charge in [0, 0.05) is 12.1 Å². The highest BCUT2D eigenvalue weighted by atomic mass is 32.2. The van der Waals surface area contributed by atoms with Crippen LogP contribution < -0.4 is 5.32 Å². The van der Waals surface area contributed by atoms with Crippen LogP contribution in [0.25, 0.3) is 0 Å². The third kappa shape index (κ3) is 4.14. The summed E-state index contributed by atoms with van der Waals surface area (Å²) in [5.74, 6) is 0.118. The molecule has 0 saturated heterocycles. The Balaban J connectivity index is 1.47. The number of rotatable bonds is 6. The Morgan fingerprint density at radius 3 is 2.70 bits per heavy atom. The molecule has 8 heteroatoms. The molecule has 0 aliphatic carbocycles.